The number of benzene rings is 2. The van der Waals surface area contributed by atoms with Gasteiger partial charge in [-0.15, -0.1) is 0 Å². The van der Waals surface area contributed by atoms with Crippen LogP contribution in [0.15, 0.2) is 36.4 Å². The maximum Gasteiger partial charge on any atom is 0.339 e. The fraction of sp³-hybridized carbons (Fsp3) is 0.263. The molecule has 26 heavy (non-hydrogen) atoms. The molecule has 0 heterocycles. The SMILES string of the molecule is COc1cc(CNC(=O)[C@H]2C[C@H]2c2ccc(F)cc2F)ccc1C(=O)O. The molecular formula is C19H17F2NO4. The highest BCUT2D eigenvalue weighted by atomic mass is 19.1. The van der Waals surface area contributed by atoms with E-state index in [1.54, 1.807) is 12.1 Å². The van der Waals surface area contributed by atoms with Crippen LogP contribution >= 0.6 is 0 Å². The minimum atomic E-state index is -1.10. The Hall–Kier alpha value is -2.96. The Balaban J connectivity index is 1.61. The van der Waals surface area contributed by atoms with Crippen molar-refractivity contribution in [3.05, 3.63) is 64.7 Å². The summed E-state index contributed by atoms with van der Waals surface area (Å²) in [5.74, 6) is -3.00. The number of methoxy groups -OCH3 is 1. The van der Waals surface area contributed by atoms with Crippen LogP contribution in [-0.2, 0) is 11.3 Å². The standard InChI is InChI=1S/C19H17F2NO4/c1-26-17-6-10(2-4-13(17)19(24)25)9-22-18(23)15-8-14(15)12-5-3-11(20)7-16(12)21/h2-7,14-15H,8-9H2,1H3,(H,22,23)(H,24,25)/t14-,15-/m0/s1. The zero-order valence-corrected chi connectivity index (χ0v) is 14.0. The highest BCUT2D eigenvalue weighted by Crippen LogP contribution is 2.48. The Morgan fingerprint density at radius 3 is 2.65 bits per heavy atom. The molecule has 1 fully saturated rings. The lowest BCUT2D eigenvalue weighted by molar-refractivity contribution is -0.122. The molecule has 1 aliphatic carbocycles. The Morgan fingerprint density at radius 2 is 2.00 bits per heavy atom. The van der Waals surface area contributed by atoms with Crippen LogP contribution in [0.1, 0.15) is 33.8 Å². The number of hydrogen-bond donors (Lipinski definition) is 2. The lowest BCUT2D eigenvalue weighted by Crippen LogP contribution is -2.25. The maximum atomic E-state index is 13.8. The largest absolute Gasteiger partial charge is 0.496 e. The van der Waals surface area contributed by atoms with Gasteiger partial charge in [-0.05, 0) is 41.7 Å². The summed E-state index contributed by atoms with van der Waals surface area (Å²) in [7, 11) is 1.37. The molecule has 2 aromatic carbocycles. The minimum Gasteiger partial charge on any atom is -0.496 e. The lowest BCUT2D eigenvalue weighted by atomic mass is 10.1. The number of hydrogen-bond acceptors (Lipinski definition) is 3. The molecule has 136 valence electrons. The van der Waals surface area contributed by atoms with Crippen molar-refractivity contribution in [1.29, 1.82) is 0 Å². The smallest absolute Gasteiger partial charge is 0.339 e. The van der Waals surface area contributed by atoms with Gasteiger partial charge in [0.15, 0.2) is 0 Å². The molecule has 0 saturated heterocycles. The molecule has 0 unspecified atom stereocenters. The third-order valence-electron chi connectivity index (χ3n) is 4.45. The normalized spacial score (nSPS) is 18.3. The first-order chi connectivity index (χ1) is 12.4. The van der Waals surface area contributed by atoms with Crippen LogP contribution in [0.2, 0.25) is 0 Å². The van der Waals surface area contributed by atoms with E-state index in [1.807, 2.05) is 0 Å². The van der Waals surface area contributed by atoms with Crippen molar-refractivity contribution in [2.45, 2.75) is 18.9 Å². The summed E-state index contributed by atoms with van der Waals surface area (Å²) in [5.41, 5.74) is 1.07. The van der Waals surface area contributed by atoms with Crippen molar-refractivity contribution in [3.63, 3.8) is 0 Å². The zero-order valence-electron chi connectivity index (χ0n) is 14.0. The maximum absolute atomic E-state index is 13.8. The number of carboxylic acid groups (broad SMARTS) is 1. The number of rotatable bonds is 6. The van der Waals surface area contributed by atoms with Crippen LogP contribution in [0.3, 0.4) is 0 Å². The van der Waals surface area contributed by atoms with Gasteiger partial charge in [0.1, 0.15) is 22.9 Å². The number of carbonyl (C=O) groups is 2. The average molecular weight is 361 g/mol. The van der Waals surface area contributed by atoms with Gasteiger partial charge in [0.25, 0.3) is 0 Å². The van der Waals surface area contributed by atoms with Crippen LogP contribution in [0.25, 0.3) is 0 Å². The molecule has 1 saturated carbocycles. The Labute approximate surface area is 148 Å². The lowest BCUT2D eigenvalue weighted by Gasteiger charge is -2.09. The second-order valence-corrected chi connectivity index (χ2v) is 6.17. The monoisotopic (exact) mass is 361 g/mol. The molecule has 7 heteroatoms. The van der Waals surface area contributed by atoms with Crippen LogP contribution < -0.4 is 10.1 Å². The highest BCUT2D eigenvalue weighted by molar-refractivity contribution is 5.91. The number of aromatic carboxylic acids is 1. The van der Waals surface area contributed by atoms with E-state index < -0.39 is 17.6 Å². The minimum absolute atomic E-state index is 0.0385. The predicted octanol–water partition coefficient (Wildman–Crippen LogP) is 3.09. The molecule has 0 aromatic heterocycles. The van der Waals surface area contributed by atoms with Crippen molar-refractivity contribution in [3.8, 4) is 5.75 Å². The van der Waals surface area contributed by atoms with Gasteiger partial charge in [0, 0.05) is 18.5 Å². The van der Waals surface area contributed by atoms with Crippen LogP contribution in [0.5, 0.6) is 5.75 Å². The Bertz CT molecular complexity index is 869. The number of carboxylic acids is 1. The number of halogens is 2. The van der Waals surface area contributed by atoms with Crippen molar-refractivity contribution < 1.29 is 28.2 Å². The zero-order chi connectivity index (χ0) is 18.8. The van der Waals surface area contributed by atoms with Gasteiger partial charge in [-0.3, -0.25) is 4.79 Å². The van der Waals surface area contributed by atoms with E-state index in [9.17, 15) is 18.4 Å². The van der Waals surface area contributed by atoms with Crippen LogP contribution in [0.4, 0.5) is 8.78 Å². The van der Waals surface area contributed by atoms with Crippen LogP contribution in [-0.4, -0.2) is 24.1 Å². The van der Waals surface area contributed by atoms with Gasteiger partial charge in [0.2, 0.25) is 5.91 Å². The van der Waals surface area contributed by atoms with Gasteiger partial charge in [0.05, 0.1) is 7.11 Å². The van der Waals surface area contributed by atoms with E-state index >= 15 is 0 Å². The Kier molecular flexibility index (Phi) is 4.88. The van der Waals surface area contributed by atoms with Gasteiger partial charge >= 0.3 is 5.97 Å². The molecular weight excluding hydrogens is 344 g/mol. The molecule has 1 amide bonds. The topological polar surface area (TPSA) is 75.6 Å². The van der Waals surface area contributed by atoms with Gasteiger partial charge < -0.3 is 15.2 Å². The number of ether oxygens (including phenoxy) is 1. The Morgan fingerprint density at radius 1 is 1.23 bits per heavy atom. The van der Waals surface area contributed by atoms with E-state index in [-0.39, 0.29) is 35.6 Å². The van der Waals surface area contributed by atoms with Crippen molar-refractivity contribution in [1.82, 2.24) is 5.32 Å². The van der Waals surface area contributed by atoms with Crippen molar-refractivity contribution in [2.24, 2.45) is 5.92 Å². The third-order valence-corrected chi connectivity index (χ3v) is 4.45. The fourth-order valence-electron chi connectivity index (χ4n) is 2.97. The quantitative estimate of drug-likeness (QED) is 0.829. The first kappa shape index (κ1) is 17.8. The summed E-state index contributed by atoms with van der Waals surface area (Å²) in [6, 6.07) is 7.93. The first-order valence-corrected chi connectivity index (χ1v) is 8.03. The van der Waals surface area contributed by atoms with Gasteiger partial charge in [-0.25, -0.2) is 13.6 Å². The van der Waals surface area contributed by atoms with E-state index in [1.165, 1.54) is 25.3 Å². The fourth-order valence-corrected chi connectivity index (χ4v) is 2.97. The average Bonchev–Trinajstić information content (AvgIpc) is 3.39. The van der Waals surface area contributed by atoms with Gasteiger partial charge in [-0.2, -0.15) is 0 Å². The molecule has 0 aliphatic heterocycles. The number of amides is 1. The summed E-state index contributed by atoms with van der Waals surface area (Å²) in [5, 5.41) is 11.8. The summed E-state index contributed by atoms with van der Waals surface area (Å²) >= 11 is 0. The molecule has 0 radical (unpaired) electrons. The van der Waals surface area contributed by atoms with Crippen LogP contribution in [0, 0.1) is 17.6 Å². The van der Waals surface area contributed by atoms with Crippen molar-refractivity contribution in [2.75, 3.05) is 7.11 Å². The van der Waals surface area contributed by atoms with E-state index in [0.717, 1.165) is 6.07 Å². The molecule has 2 atom stereocenters. The van der Waals surface area contributed by atoms with Crippen molar-refractivity contribution >= 4 is 11.9 Å². The molecule has 2 aromatic rings. The van der Waals surface area contributed by atoms with E-state index in [0.29, 0.717) is 17.5 Å². The molecule has 3 rings (SSSR count). The third kappa shape index (κ3) is 3.66. The molecule has 0 bridgehead atoms. The number of carbonyl (C=O) groups excluding carboxylic acids is 1. The summed E-state index contributed by atoms with van der Waals surface area (Å²) in [6.45, 7) is 0.199. The second-order valence-electron chi connectivity index (χ2n) is 6.17. The van der Waals surface area contributed by atoms with E-state index in [4.69, 9.17) is 9.84 Å². The first-order valence-electron chi connectivity index (χ1n) is 8.03. The van der Waals surface area contributed by atoms with E-state index in [2.05, 4.69) is 5.32 Å². The highest BCUT2D eigenvalue weighted by Gasteiger charge is 2.45. The van der Waals surface area contributed by atoms with Gasteiger partial charge in [-0.1, -0.05) is 12.1 Å². The summed E-state index contributed by atoms with van der Waals surface area (Å²) in [6.07, 6.45) is 0.510. The summed E-state index contributed by atoms with van der Waals surface area (Å²) in [4.78, 5) is 23.3. The molecule has 1 aliphatic rings. The molecule has 2 N–H and O–H groups in total. The molecule has 0 spiro atoms. The molecule has 5 nitrogen and oxygen atoms in total. The summed E-state index contributed by atoms with van der Waals surface area (Å²) < 4.78 is 31.8. The second kappa shape index (κ2) is 7.11. The predicted molar refractivity (Wildman–Crippen MR) is 89.0 cm³/mol. The number of nitrogens with one attached hydrogen (secondary N) is 1.